The predicted octanol–water partition coefficient (Wildman–Crippen LogP) is 2.39. The summed E-state index contributed by atoms with van der Waals surface area (Å²) in [6.45, 7) is 2.94. The zero-order chi connectivity index (χ0) is 15.7. The van der Waals surface area contributed by atoms with Crippen molar-refractivity contribution in [2.45, 2.75) is 38.6 Å². The Labute approximate surface area is 135 Å². The van der Waals surface area contributed by atoms with Crippen molar-refractivity contribution in [3.63, 3.8) is 0 Å². The normalized spacial score (nSPS) is 16.9. The number of nitrogens with one attached hydrogen (secondary N) is 2. The monoisotopic (exact) mass is 321 g/mol. The first-order chi connectivity index (χ1) is 10.5. The Balaban J connectivity index is 1.67. The van der Waals surface area contributed by atoms with E-state index in [1.54, 1.807) is 0 Å². The van der Waals surface area contributed by atoms with E-state index < -0.39 is 6.03 Å². The van der Waals surface area contributed by atoms with Gasteiger partial charge in [0.05, 0.1) is 6.54 Å². The second kappa shape index (κ2) is 6.16. The van der Waals surface area contributed by atoms with Gasteiger partial charge in [0, 0.05) is 23.3 Å². The van der Waals surface area contributed by atoms with E-state index in [-0.39, 0.29) is 18.5 Å². The minimum Gasteiger partial charge on any atom is -0.362 e. The van der Waals surface area contributed by atoms with Crippen LogP contribution >= 0.6 is 11.6 Å². The van der Waals surface area contributed by atoms with E-state index >= 15 is 0 Å². The number of anilines is 1. The van der Waals surface area contributed by atoms with E-state index in [4.69, 9.17) is 11.6 Å². The van der Waals surface area contributed by atoms with Crippen LogP contribution in [-0.2, 0) is 11.2 Å². The number of hydrogen-bond donors (Lipinski definition) is 2. The fourth-order valence-electron chi connectivity index (χ4n) is 2.89. The number of carbonyl (C=O) groups excluding carboxylic acids is 2. The van der Waals surface area contributed by atoms with Crippen LogP contribution in [0.25, 0.3) is 0 Å². The zero-order valence-electron chi connectivity index (χ0n) is 12.6. The van der Waals surface area contributed by atoms with Gasteiger partial charge < -0.3 is 10.2 Å². The highest BCUT2D eigenvalue weighted by molar-refractivity contribution is 6.31. The SMILES string of the molecule is Cc1c(Cl)ccc2c1N(CC(=O)NC(=O)NC1CC1)CCC2. The second-order valence-corrected chi connectivity index (χ2v) is 6.41. The summed E-state index contributed by atoms with van der Waals surface area (Å²) in [5.41, 5.74) is 3.24. The molecule has 1 aromatic rings. The summed E-state index contributed by atoms with van der Waals surface area (Å²) >= 11 is 6.20. The molecule has 0 aromatic heterocycles. The number of rotatable bonds is 3. The molecule has 3 rings (SSSR count). The molecule has 1 saturated carbocycles. The number of halogens is 1. The summed E-state index contributed by atoms with van der Waals surface area (Å²) in [5.74, 6) is -0.287. The highest BCUT2D eigenvalue weighted by Gasteiger charge is 2.25. The summed E-state index contributed by atoms with van der Waals surface area (Å²) < 4.78 is 0. The topological polar surface area (TPSA) is 61.4 Å². The summed E-state index contributed by atoms with van der Waals surface area (Å²) in [4.78, 5) is 25.7. The number of fused-ring (bicyclic) bond motifs is 1. The van der Waals surface area contributed by atoms with Gasteiger partial charge in [-0.1, -0.05) is 17.7 Å². The molecule has 1 fully saturated rings. The minimum absolute atomic E-state index is 0.173. The van der Waals surface area contributed by atoms with Crippen LogP contribution in [0.1, 0.15) is 30.4 Å². The third-order valence-electron chi connectivity index (χ3n) is 4.14. The number of benzene rings is 1. The van der Waals surface area contributed by atoms with Gasteiger partial charge in [0.25, 0.3) is 0 Å². The number of carbonyl (C=O) groups is 2. The lowest BCUT2D eigenvalue weighted by Gasteiger charge is -2.32. The maximum absolute atomic E-state index is 12.1. The summed E-state index contributed by atoms with van der Waals surface area (Å²) in [5, 5.41) is 5.86. The van der Waals surface area contributed by atoms with Crippen LogP contribution < -0.4 is 15.5 Å². The molecule has 118 valence electrons. The minimum atomic E-state index is -0.396. The number of hydrogen-bond acceptors (Lipinski definition) is 3. The van der Waals surface area contributed by atoms with E-state index in [1.807, 2.05) is 24.0 Å². The van der Waals surface area contributed by atoms with Crippen molar-refractivity contribution in [1.82, 2.24) is 10.6 Å². The van der Waals surface area contributed by atoms with Crippen molar-refractivity contribution in [1.29, 1.82) is 0 Å². The van der Waals surface area contributed by atoms with Crippen molar-refractivity contribution in [2.24, 2.45) is 0 Å². The Morgan fingerprint density at radius 2 is 2.14 bits per heavy atom. The largest absolute Gasteiger partial charge is 0.362 e. The highest BCUT2D eigenvalue weighted by Crippen LogP contribution is 2.34. The first-order valence-electron chi connectivity index (χ1n) is 7.68. The van der Waals surface area contributed by atoms with Gasteiger partial charge in [-0.2, -0.15) is 0 Å². The molecule has 0 radical (unpaired) electrons. The van der Waals surface area contributed by atoms with E-state index in [0.29, 0.717) is 5.02 Å². The number of aryl methyl sites for hydroxylation is 1. The van der Waals surface area contributed by atoms with Crippen molar-refractivity contribution in [2.75, 3.05) is 18.0 Å². The van der Waals surface area contributed by atoms with Gasteiger partial charge in [-0.3, -0.25) is 10.1 Å². The van der Waals surface area contributed by atoms with E-state index in [0.717, 1.165) is 43.5 Å². The Bertz CT molecular complexity index is 614. The maximum Gasteiger partial charge on any atom is 0.321 e. The Morgan fingerprint density at radius 3 is 2.86 bits per heavy atom. The smallest absolute Gasteiger partial charge is 0.321 e. The standard InChI is InChI=1S/C16H20ClN3O2/c1-10-13(17)7-4-11-3-2-8-20(15(10)11)9-14(21)19-16(22)18-12-5-6-12/h4,7,12H,2-3,5-6,8-9H2,1H3,(H2,18,19,21,22). The molecule has 3 amide bonds. The molecule has 6 heteroatoms. The van der Waals surface area contributed by atoms with Crippen LogP contribution in [0.3, 0.4) is 0 Å². The van der Waals surface area contributed by atoms with Gasteiger partial charge in [-0.15, -0.1) is 0 Å². The van der Waals surface area contributed by atoms with Crippen molar-refractivity contribution >= 4 is 29.2 Å². The van der Waals surface area contributed by atoms with Gasteiger partial charge in [-0.25, -0.2) is 4.79 Å². The van der Waals surface area contributed by atoms with Gasteiger partial charge in [0.1, 0.15) is 0 Å². The first kappa shape index (κ1) is 15.2. The Kier molecular flexibility index (Phi) is 4.25. The quantitative estimate of drug-likeness (QED) is 0.898. The molecule has 0 saturated heterocycles. The lowest BCUT2D eigenvalue weighted by atomic mass is 9.98. The molecule has 0 bridgehead atoms. The number of urea groups is 1. The molecule has 0 atom stereocenters. The van der Waals surface area contributed by atoms with Crippen LogP contribution in [0, 0.1) is 6.92 Å². The third kappa shape index (κ3) is 3.35. The van der Waals surface area contributed by atoms with Crippen LogP contribution in [0.5, 0.6) is 0 Å². The molecule has 2 aliphatic rings. The van der Waals surface area contributed by atoms with Gasteiger partial charge in [0.2, 0.25) is 5.91 Å². The molecular weight excluding hydrogens is 302 g/mol. The van der Waals surface area contributed by atoms with E-state index in [1.165, 1.54) is 5.56 Å². The number of imide groups is 1. The number of amides is 3. The average Bonchev–Trinajstić information content (AvgIpc) is 3.26. The molecule has 1 aromatic carbocycles. The molecule has 0 spiro atoms. The van der Waals surface area contributed by atoms with Gasteiger partial charge in [-0.05, 0) is 49.8 Å². The molecular formula is C16H20ClN3O2. The Hall–Kier alpha value is -1.75. The summed E-state index contributed by atoms with van der Waals surface area (Å²) in [6, 6.07) is 3.77. The zero-order valence-corrected chi connectivity index (χ0v) is 13.4. The number of nitrogens with zero attached hydrogens (tertiary/aromatic N) is 1. The molecule has 5 nitrogen and oxygen atoms in total. The van der Waals surface area contributed by atoms with E-state index in [9.17, 15) is 9.59 Å². The lowest BCUT2D eigenvalue weighted by molar-refractivity contribution is -0.118. The van der Waals surface area contributed by atoms with Gasteiger partial charge in [0.15, 0.2) is 0 Å². The Morgan fingerprint density at radius 1 is 1.36 bits per heavy atom. The fraction of sp³-hybridized carbons (Fsp3) is 0.500. The molecule has 1 aliphatic heterocycles. The van der Waals surface area contributed by atoms with Gasteiger partial charge >= 0.3 is 6.03 Å². The van der Waals surface area contributed by atoms with Crippen molar-refractivity contribution in [3.8, 4) is 0 Å². The van der Waals surface area contributed by atoms with Crippen LogP contribution in [0.15, 0.2) is 12.1 Å². The lowest BCUT2D eigenvalue weighted by Crippen LogP contribution is -2.46. The fourth-order valence-corrected chi connectivity index (χ4v) is 3.05. The van der Waals surface area contributed by atoms with Crippen LogP contribution in [0.4, 0.5) is 10.5 Å². The van der Waals surface area contributed by atoms with Crippen LogP contribution in [-0.4, -0.2) is 31.1 Å². The average molecular weight is 322 g/mol. The first-order valence-corrected chi connectivity index (χ1v) is 8.05. The molecule has 0 unspecified atom stereocenters. The third-order valence-corrected chi connectivity index (χ3v) is 4.55. The summed E-state index contributed by atoms with van der Waals surface area (Å²) in [6.07, 6.45) is 3.99. The highest BCUT2D eigenvalue weighted by atomic mass is 35.5. The van der Waals surface area contributed by atoms with Crippen LogP contribution in [0.2, 0.25) is 5.02 Å². The van der Waals surface area contributed by atoms with E-state index in [2.05, 4.69) is 10.6 Å². The second-order valence-electron chi connectivity index (χ2n) is 6.00. The van der Waals surface area contributed by atoms with Crippen molar-refractivity contribution < 1.29 is 9.59 Å². The molecule has 22 heavy (non-hydrogen) atoms. The van der Waals surface area contributed by atoms with Crippen molar-refractivity contribution in [3.05, 3.63) is 28.3 Å². The predicted molar refractivity (Wildman–Crippen MR) is 86.4 cm³/mol. The maximum atomic E-state index is 12.1. The summed E-state index contributed by atoms with van der Waals surface area (Å²) in [7, 11) is 0. The molecule has 1 aliphatic carbocycles. The molecule has 1 heterocycles. The molecule has 2 N–H and O–H groups in total.